The van der Waals surface area contributed by atoms with E-state index in [1.807, 2.05) is 11.4 Å². The smallest absolute Gasteiger partial charge is 0.183 e. The number of nitrogens with one attached hydrogen (secondary N) is 1. The van der Waals surface area contributed by atoms with Crippen LogP contribution in [0, 0.1) is 0 Å². The zero-order chi connectivity index (χ0) is 10.7. The van der Waals surface area contributed by atoms with E-state index in [0.717, 1.165) is 27.0 Å². The van der Waals surface area contributed by atoms with Crippen LogP contribution in [0.1, 0.15) is 4.88 Å². The summed E-state index contributed by atoms with van der Waals surface area (Å²) in [5.41, 5.74) is 0. The first kappa shape index (κ1) is 11.4. The van der Waals surface area contributed by atoms with Crippen LogP contribution in [-0.2, 0) is 6.42 Å². The van der Waals surface area contributed by atoms with Gasteiger partial charge in [-0.25, -0.2) is 4.98 Å². The number of halogens is 2. The van der Waals surface area contributed by atoms with Gasteiger partial charge in [-0.15, -0.1) is 22.7 Å². The molecule has 2 heterocycles. The van der Waals surface area contributed by atoms with Crippen LogP contribution in [0.3, 0.4) is 0 Å². The molecule has 2 rings (SSSR count). The maximum atomic E-state index is 5.84. The van der Waals surface area contributed by atoms with Crippen LogP contribution in [0.15, 0.2) is 22.1 Å². The lowest BCUT2D eigenvalue weighted by Gasteiger charge is -1.99. The maximum absolute atomic E-state index is 5.84. The van der Waals surface area contributed by atoms with Crippen molar-refractivity contribution >= 4 is 55.3 Å². The lowest BCUT2D eigenvalue weighted by Crippen LogP contribution is -2.03. The highest BCUT2D eigenvalue weighted by Gasteiger charge is 2.00. The molecule has 80 valence electrons. The number of nitrogens with zero attached hydrogens (tertiary/aromatic N) is 1. The molecular formula is C9H8BrClN2S2. The number of thiophene rings is 1. The van der Waals surface area contributed by atoms with Crippen LogP contribution in [0.25, 0.3) is 0 Å². The Bertz CT molecular complexity index is 401. The summed E-state index contributed by atoms with van der Waals surface area (Å²) in [4.78, 5) is 5.54. The fourth-order valence-electron chi connectivity index (χ4n) is 1.11. The molecule has 0 bridgehead atoms. The molecule has 2 aromatic rings. The molecule has 0 aliphatic rings. The second kappa shape index (κ2) is 5.30. The fraction of sp³-hybridized carbons (Fsp3) is 0.222. The van der Waals surface area contributed by atoms with Gasteiger partial charge in [0.15, 0.2) is 5.13 Å². The largest absolute Gasteiger partial charge is 0.361 e. The molecular weight excluding hydrogens is 316 g/mol. The van der Waals surface area contributed by atoms with E-state index in [9.17, 15) is 0 Å². The third kappa shape index (κ3) is 3.45. The quantitative estimate of drug-likeness (QED) is 0.908. The van der Waals surface area contributed by atoms with Crippen LogP contribution in [0.4, 0.5) is 5.13 Å². The molecule has 6 heteroatoms. The molecule has 0 fully saturated rings. The lowest BCUT2D eigenvalue weighted by atomic mass is 10.3. The predicted octanol–water partition coefficient (Wildman–Crippen LogP) is 4.28. The van der Waals surface area contributed by atoms with Gasteiger partial charge < -0.3 is 5.32 Å². The topological polar surface area (TPSA) is 24.9 Å². The summed E-state index contributed by atoms with van der Waals surface area (Å²) in [5.74, 6) is 0. The summed E-state index contributed by atoms with van der Waals surface area (Å²) in [7, 11) is 0. The number of anilines is 1. The molecule has 0 saturated heterocycles. The molecule has 0 saturated carbocycles. The van der Waals surface area contributed by atoms with Crippen molar-refractivity contribution in [3.05, 3.63) is 31.3 Å². The van der Waals surface area contributed by atoms with Crippen molar-refractivity contribution in [1.29, 1.82) is 0 Å². The fourth-order valence-corrected chi connectivity index (χ4v) is 3.37. The Labute approximate surface area is 109 Å². The first-order chi connectivity index (χ1) is 7.24. The molecule has 0 amide bonds. The molecule has 1 N–H and O–H groups in total. The van der Waals surface area contributed by atoms with E-state index in [0.29, 0.717) is 0 Å². The van der Waals surface area contributed by atoms with Gasteiger partial charge in [0.2, 0.25) is 0 Å². The van der Waals surface area contributed by atoms with Crippen LogP contribution >= 0.6 is 50.2 Å². The molecule has 0 spiro atoms. The third-order valence-electron chi connectivity index (χ3n) is 1.75. The molecule has 0 radical (unpaired) electrons. The number of rotatable bonds is 4. The van der Waals surface area contributed by atoms with E-state index in [2.05, 4.69) is 32.3 Å². The van der Waals surface area contributed by atoms with Gasteiger partial charge in [0.25, 0.3) is 0 Å². The lowest BCUT2D eigenvalue weighted by molar-refractivity contribution is 1.04. The van der Waals surface area contributed by atoms with Crippen molar-refractivity contribution in [3.8, 4) is 0 Å². The highest BCUT2D eigenvalue weighted by atomic mass is 79.9. The predicted molar refractivity (Wildman–Crippen MR) is 71.3 cm³/mol. The molecule has 2 nitrogen and oxygen atoms in total. The van der Waals surface area contributed by atoms with Gasteiger partial charge in [-0.05, 0) is 34.5 Å². The normalized spacial score (nSPS) is 10.5. The van der Waals surface area contributed by atoms with Crippen LogP contribution in [-0.4, -0.2) is 11.5 Å². The molecule has 0 aromatic carbocycles. The average molecular weight is 324 g/mol. The minimum absolute atomic E-state index is 0.849. The number of thiazole rings is 1. The zero-order valence-corrected chi connectivity index (χ0v) is 11.6. The standard InChI is InChI=1S/C9H8BrClN2S2/c10-7-5-14-9(13-7)12-4-3-6-1-2-8(11)15-6/h1-2,5H,3-4H2,(H,12,13). The maximum Gasteiger partial charge on any atom is 0.183 e. The number of hydrogen-bond acceptors (Lipinski definition) is 4. The molecule has 15 heavy (non-hydrogen) atoms. The molecule has 0 aliphatic heterocycles. The van der Waals surface area contributed by atoms with Gasteiger partial charge in [-0.3, -0.25) is 0 Å². The van der Waals surface area contributed by atoms with Crippen molar-refractivity contribution in [2.45, 2.75) is 6.42 Å². The Kier molecular flexibility index (Phi) is 4.02. The van der Waals surface area contributed by atoms with Crippen molar-refractivity contribution in [3.63, 3.8) is 0 Å². The SMILES string of the molecule is Clc1ccc(CCNc2nc(Br)cs2)s1. The van der Waals surface area contributed by atoms with Gasteiger partial charge in [0, 0.05) is 16.8 Å². The van der Waals surface area contributed by atoms with Gasteiger partial charge in [0.05, 0.1) is 4.34 Å². The first-order valence-electron chi connectivity index (χ1n) is 4.33. The van der Waals surface area contributed by atoms with Crippen LogP contribution < -0.4 is 5.32 Å². The van der Waals surface area contributed by atoms with E-state index in [4.69, 9.17) is 11.6 Å². The summed E-state index contributed by atoms with van der Waals surface area (Å²) in [5, 5.41) is 6.18. The Hall–Kier alpha value is -0.100. The van der Waals surface area contributed by atoms with Crippen molar-refractivity contribution in [1.82, 2.24) is 4.98 Å². The zero-order valence-electron chi connectivity index (χ0n) is 7.67. The van der Waals surface area contributed by atoms with Gasteiger partial charge in [0.1, 0.15) is 4.60 Å². The van der Waals surface area contributed by atoms with Crippen LogP contribution in [0.2, 0.25) is 4.34 Å². The van der Waals surface area contributed by atoms with Crippen molar-refractivity contribution < 1.29 is 0 Å². The number of aromatic nitrogens is 1. The number of hydrogen-bond donors (Lipinski definition) is 1. The summed E-state index contributed by atoms with van der Waals surface area (Å²) in [6.45, 7) is 0.886. The third-order valence-corrected chi connectivity index (χ3v) is 4.55. The van der Waals surface area contributed by atoms with E-state index in [-0.39, 0.29) is 0 Å². The van der Waals surface area contributed by atoms with Gasteiger partial charge in [-0.1, -0.05) is 11.6 Å². The Morgan fingerprint density at radius 2 is 2.33 bits per heavy atom. The first-order valence-corrected chi connectivity index (χ1v) is 7.20. The molecule has 0 atom stereocenters. The van der Waals surface area contributed by atoms with Crippen molar-refractivity contribution in [2.75, 3.05) is 11.9 Å². The molecule has 2 aromatic heterocycles. The monoisotopic (exact) mass is 322 g/mol. The summed E-state index contributed by atoms with van der Waals surface area (Å²) >= 11 is 12.4. The van der Waals surface area contributed by atoms with E-state index >= 15 is 0 Å². The van der Waals surface area contributed by atoms with Gasteiger partial charge >= 0.3 is 0 Å². The minimum Gasteiger partial charge on any atom is -0.361 e. The average Bonchev–Trinajstić information content (AvgIpc) is 2.76. The molecule has 0 aliphatic carbocycles. The Morgan fingerprint density at radius 1 is 1.47 bits per heavy atom. The Morgan fingerprint density at radius 3 is 2.93 bits per heavy atom. The second-order valence-corrected chi connectivity index (χ2v) is 6.33. The summed E-state index contributed by atoms with van der Waals surface area (Å²) in [6, 6.07) is 3.99. The van der Waals surface area contributed by atoms with E-state index in [1.165, 1.54) is 4.88 Å². The molecule has 0 unspecified atom stereocenters. The van der Waals surface area contributed by atoms with Gasteiger partial charge in [-0.2, -0.15) is 0 Å². The summed E-state index contributed by atoms with van der Waals surface area (Å²) < 4.78 is 1.73. The minimum atomic E-state index is 0.849. The van der Waals surface area contributed by atoms with Crippen molar-refractivity contribution in [2.24, 2.45) is 0 Å². The van der Waals surface area contributed by atoms with E-state index < -0.39 is 0 Å². The van der Waals surface area contributed by atoms with Crippen LogP contribution in [0.5, 0.6) is 0 Å². The van der Waals surface area contributed by atoms with E-state index in [1.54, 1.807) is 22.7 Å². The highest BCUT2D eigenvalue weighted by molar-refractivity contribution is 9.10. The summed E-state index contributed by atoms with van der Waals surface area (Å²) in [6.07, 6.45) is 0.981. The highest BCUT2D eigenvalue weighted by Crippen LogP contribution is 2.22. The second-order valence-electron chi connectivity index (χ2n) is 2.86. The Balaban J connectivity index is 1.80.